The normalized spacial score (nSPS) is 15.6. The molecule has 0 fully saturated rings. The van der Waals surface area contributed by atoms with E-state index in [0.717, 1.165) is 0 Å². The highest BCUT2D eigenvalue weighted by Gasteiger charge is 2.75. The Morgan fingerprint density at radius 3 is 1.40 bits per heavy atom. The highest BCUT2D eigenvalue weighted by atomic mass is 16.4. The summed E-state index contributed by atoms with van der Waals surface area (Å²) in [5.74, 6) is -6.66. The fourth-order valence-corrected chi connectivity index (χ4v) is 4.23. The standard InChI is InChI=1S/C22H36O8/c1-6-9-12-20(17(24)25,13-10-7-2)22(30,19(28)29)21(18(26)27,14-11-8-3)16(23)15(4)5/h30H,4,6-14H2,1-3,5H3,(H,24,25)(H,26,27)(H,28,29). The monoisotopic (exact) mass is 428 g/mol. The molecule has 0 bridgehead atoms. The number of ketones is 1. The van der Waals surface area contributed by atoms with Crippen LogP contribution in [0, 0.1) is 10.8 Å². The number of allylic oxidation sites excluding steroid dienone is 1. The molecular weight excluding hydrogens is 392 g/mol. The van der Waals surface area contributed by atoms with E-state index < -0.39 is 46.5 Å². The Labute approximate surface area is 178 Å². The predicted octanol–water partition coefficient (Wildman–Crippen LogP) is 3.66. The summed E-state index contributed by atoms with van der Waals surface area (Å²) in [5.41, 5.74) is -8.85. The van der Waals surface area contributed by atoms with Gasteiger partial charge < -0.3 is 20.4 Å². The van der Waals surface area contributed by atoms with Crippen LogP contribution >= 0.6 is 0 Å². The summed E-state index contributed by atoms with van der Waals surface area (Å²) in [5, 5.41) is 42.3. The van der Waals surface area contributed by atoms with Gasteiger partial charge in [0.05, 0.1) is 0 Å². The first-order valence-electron chi connectivity index (χ1n) is 10.5. The van der Waals surface area contributed by atoms with Gasteiger partial charge in [-0.25, -0.2) is 4.79 Å². The largest absolute Gasteiger partial charge is 0.481 e. The number of carbonyl (C=O) groups excluding carboxylic acids is 1. The van der Waals surface area contributed by atoms with Crippen LogP contribution in [0.2, 0.25) is 0 Å². The third kappa shape index (κ3) is 4.58. The molecule has 0 spiro atoms. The topological polar surface area (TPSA) is 149 Å². The van der Waals surface area contributed by atoms with Crippen molar-refractivity contribution in [2.75, 3.05) is 0 Å². The Morgan fingerprint density at radius 1 is 0.733 bits per heavy atom. The first-order chi connectivity index (χ1) is 13.9. The molecule has 0 saturated carbocycles. The molecule has 2 atom stereocenters. The van der Waals surface area contributed by atoms with Gasteiger partial charge in [-0.1, -0.05) is 65.9 Å². The lowest BCUT2D eigenvalue weighted by molar-refractivity contribution is -0.223. The van der Waals surface area contributed by atoms with Crippen molar-refractivity contribution >= 4 is 23.7 Å². The Balaban J connectivity index is 7.46. The van der Waals surface area contributed by atoms with E-state index in [1.165, 1.54) is 6.92 Å². The molecule has 30 heavy (non-hydrogen) atoms. The molecule has 0 aliphatic rings. The second-order valence-corrected chi connectivity index (χ2v) is 8.03. The summed E-state index contributed by atoms with van der Waals surface area (Å²) in [6.45, 7) is 9.96. The average molecular weight is 429 g/mol. The predicted molar refractivity (Wildman–Crippen MR) is 111 cm³/mol. The van der Waals surface area contributed by atoms with Gasteiger partial charge >= 0.3 is 17.9 Å². The third-order valence-electron chi connectivity index (χ3n) is 5.99. The smallest absolute Gasteiger partial charge is 0.338 e. The molecule has 0 aliphatic carbocycles. The van der Waals surface area contributed by atoms with Crippen LogP contribution in [-0.2, 0) is 19.2 Å². The van der Waals surface area contributed by atoms with Crippen LogP contribution in [0.3, 0.4) is 0 Å². The molecule has 2 unspecified atom stereocenters. The van der Waals surface area contributed by atoms with Crippen LogP contribution in [0.25, 0.3) is 0 Å². The zero-order chi connectivity index (χ0) is 23.8. The minimum atomic E-state index is -3.37. The molecule has 0 rings (SSSR count). The van der Waals surface area contributed by atoms with Crippen molar-refractivity contribution < 1.29 is 39.6 Å². The Bertz CT molecular complexity index is 660. The van der Waals surface area contributed by atoms with E-state index >= 15 is 0 Å². The van der Waals surface area contributed by atoms with Gasteiger partial charge in [-0.15, -0.1) is 0 Å². The van der Waals surface area contributed by atoms with Gasteiger partial charge in [0.1, 0.15) is 5.41 Å². The third-order valence-corrected chi connectivity index (χ3v) is 5.99. The van der Waals surface area contributed by atoms with E-state index in [0.29, 0.717) is 19.3 Å². The lowest BCUT2D eigenvalue weighted by atomic mass is 9.51. The van der Waals surface area contributed by atoms with E-state index in [4.69, 9.17) is 0 Å². The number of hydrogen-bond donors (Lipinski definition) is 4. The number of rotatable bonds is 16. The summed E-state index contributed by atoms with van der Waals surface area (Å²) in [7, 11) is 0. The van der Waals surface area contributed by atoms with Crippen molar-refractivity contribution in [3.8, 4) is 0 Å². The molecule has 0 aromatic heterocycles. The number of hydrogen-bond acceptors (Lipinski definition) is 5. The van der Waals surface area contributed by atoms with Crippen LogP contribution in [0.15, 0.2) is 12.2 Å². The number of aliphatic carboxylic acids is 3. The van der Waals surface area contributed by atoms with Gasteiger partial charge in [-0.2, -0.15) is 0 Å². The highest BCUT2D eigenvalue weighted by Crippen LogP contribution is 2.54. The van der Waals surface area contributed by atoms with Crippen molar-refractivity contribution in [2.45, 2.75) is 91.1 Å². The number of aliphatic hydroxyl groups is 1. The molecule has 0 heterocycles. The van der Waals surface area contributed by atoms with Gasteiger partial charge in [-0.3, -0.25) is 14.4 Å². The van der Waals surface area contributed by atoms with Gasteiger partial charge in [0.15, 0.2) is 11.2 Å². The van der Waals surface area contributed by atoms with Crippen LogP contribution in [0.1, 0.15) is 85.5 Å². The van der Waals surface area contributed by atoms with Crippen molar-refractivity contribution in [1.82, 2.24) is 0 Å². The lowest BCUT2D eigenvalue weighted by Crippen LogP contribution is -2.72. The summed E-state index contributed by atoms with van der Waals surface area (Å²) in [4.78, 5) is 50.9. The van der Waals surface area contributed by atoms with Crippen molar-refractivity contribution in [2.24, 2.45) is 10.8 Å². The maximum absolute atomic E-state index is 13.2. The zero-order valence-corrected chi connectivity index (χ0v) is 18.5. The lowest BCUT2D eigenvalue weighted by Gasteiger charge is -2.50. The Kier molecular flexibility index (Phi) is 10.4. The average Bonchev–Trinajstić information content (AvgIpc) is 2.67. The van der Waals surface area contributed by atoms with Crippen molar-refractivity contribution in [3.05, 3.63) is 12.2 Å². The van der Waals surface area contributed by atoms with Gasteiger partial charge in [-0.05, 0) is 31.8 Å². The summed E-state index contributed by atoms with van der Waals surface area (Å²) in [6.07, 6.45) is 0.961. The minimum absolute atomic E-state index is 0.109. The van der Waals surface area contributed by atoms with E-state index in [9.17, 15) is 39.6 Å². The number of unbranched alkanes of at least 4 members (excludes halogenated alkanes) is 3. The molecule has 8 heteroatoms. The fourth-order valence-electron chi connectivity index (χ4n) is 4.23. The van der Waals surface area contributed by atoms with E-state index in [-0.39, 0.29) is 37.7 Å². The molecule has 0 aliphatic heterocycles. The van der Waals surface area contributed by atoms with Gasteiger partial charge in [0, 0.05) is 0 Å². The Morgan fingerprint density at radius 2 is 1.13 bits per heavy atom. The van der Waals surface area contributed by atoms with Crippen LogP contribution < -0.4 is 0 Å². The maximum atomic E-state index is 13.2. The van der Waals surface area contributed by atoms with E-state index in [2.05, 4.69) is 6.58 Å². The molecule has 0 amide bonds. The first kappa shape index (κ1) is 27.8. The van der Waals surface area contributed by atoms with Gasteiger partial charge in [0.25, 0.3) is 0 Å². The number of Topliss-reactive ketones (excluding diaryl/α,β-unsaturated/α-hetero) is 1. The quantitative estimate of drug-likeness (QED) is 0.215. The summed E-state index contributed by atoms with van der Waals surface area (Å²) in [6, 6.07) is 0. The van der Waals surface area contributed by atoms with E-state index in [1.807, 2.05) is 0 Å². The number of carbonyl (C=O) groups is 4. The Hall–Kier alpha value is -2.22. The number of carboxylic acids is 3. The molecule has 4 N–H and O–H groups in total. The van der Waals surface area contributed by atoms with Crippen molar-refractivity contribution in [1.29, 1.82) is 0 Å². The van der Waals surface area contributed by atoms with Crippen LogP contribution in [-0.4, -0.2) is 49.7 Å². The van der Waals surface area contributed by atoms with E-state index in [1.54, 1.807) is 20.8 Å². The second kappa shape index (κ2) is 11.2. The first-order valence-corrected chi connectivity index (χ1v) is 10.5. The molecule has 0 saturated heterocycles. The van der Waals surface area contributed by atoms with Crippen LogP contribution in [0.5, 0.6) is 0 Å². The summed E-state index contributed by atoms with van der Waals surface area (Å²) >= 11 is 0. The highest BCUT2D eigenvalue weighted by molar-refractivity contribution is 6.16. The van der Waals surface area contributed by atoms with Crippen molar-refractivity contribution in [3.63, 3.8) is 0 Å². The number of carboxylic acid groups (broad SMARTS) is 3. The summed E-state index contributed by atoms with van der Waals surface area (Å²) < 4.78 is 0. The maximum Gasteiger partial charge on any atom is 0.338 e. The fraction of sp³-hybridized carbons (Fsp3) is 0.727. The zero-order valence-electron chi connectivity index (χ0n) is 18.5. The molecule has 0 aromatic carbocycles. The second-order valence-electron chi connectivity index (χ2n) is 8.03. The molecular formula is C22H36O8. The molecule has 0 aromatic rings. The molecule has 172 valence electrons. The SMILES string of the molecule is C=C(C)C(=O)C(CCCC)(C(=O)O)C(O)(C(=O)O)C(CCCC)(CCCC)C(=O)O. The van der Waals surface area contributed by atoms with Crippen LogP contribution in [0.4, 0.5) is 0 Å². The minimum Gasteiger partial charge on any atom is -0.481 e. The molecule has 8 nitrogen and oxygen atoms in total. The molecule has 0 radical (unpaired) electrons. The van der Waals surface area contributed by atoms with Gasteiger partial charge in [0.2, 0.25) is 5.60 Å².